The van der Waals surface area contributed by atoms with Gasteiger partial charge in [-0.3, -0.25) is 0 Å². The average Bonchev–Trinajstić information content (AvgIpc) is 2.57. The van der Waals surface area contributed by atoms with Crippen LogP contribution in [0.1, 0.15) is 25.7 Å². The van der Waals surface area contributed by atoms with Gasteiger partial charge in [0.25, 0.3) is 0 Å². The molecule has 0 N–H and O–H groups in total. The molecular formula is C13H25BrN2. The molecule has 1 saturated heterocycles. The van der Waals surface area contributed by atoms with Gasteiger partial charge in [-0.1, -0.05) is 22.4 Å². The number of alkyl halides is 1. The molecule has 1 atom stereocenters. The van der Waals surface area contributed by atoms with Crippen molar-refractivity contribution in [2.24, 2.45) is 11.3 Å². The first kappa shape index (κ1) is 12.8. The molecule has 0 aromatic rings. The van der Waals surface area contributed by atoms with E-state index in [1.165, 1.54) is 57.2 Å². The van der Waals surface area contributed by atoms with Crippen LogP contribution in [-0.2, 0) is 0 Å². The van der Waals surface area contributed by atoms with Gasteiger partial charge < -0.3 is 9.80 Å². The van der Waals surface area contributed by atoms with Crippen molar-refractivity contribution < 1.29 is 0 Å². The fourth-order valence-corrected chi connectivity index (χ4v) is 4.00. The number of likely N-dealkylation sites (tertiary alicyclic amines) is 1. The highest BCUT2D eigenvalue weighted by Gasteiger charge is 2.37. The maximum absolute atomic E-state index is 3.70. The Morgan fingerprint density at radius 3 is 2.62 bits per heavy atom. The summed E-state index contributed by atoms with van der Waals surface area (Å²) in [5.41, 5.74) is 0.610. The van der Waals surface area contributed by atoms with Crippen LogP contribution in [-0.4, -0.2) is 55.4 Å². The highest BCUT2D eigenvalue weighted by molar-refractivity contribution is 9.09. The molecule has 1 saturated carbocycles. The van der Waals surface area contributed by atoms with Crippen molar-refractivity contribution in [2.75, 3.05) is 45.6 Å². The smallest absolute Gasteiger partial charge is 0.0100 e. The number of hydrogen-bond acceptors (Lipinski definition) is 2. The van der Waals surface area contributed by atoms with E-state index in [1.807, 2.05) is 0 Å². The van der Waals surface area contributed by atoms with Crippen molar-refractivity contribution in [1.29, 1.82) is 0 Å². The number of halogens is 1. The van der Waals surface area contributed by atoms with Gasteiger partial charge in [-0.25, -0.2) is 0 Å². The summed E-state index contributed by atoms with van der Waals surface area (Å²) in [5.74, 6) is 0.905. The van der Waals surface area contributed by atoms with Crippen molar-refractivity contribution in [3.8, 4) is 0 Å². The quantitative estimate of drug-likeness (QED) is 0.717. The van der Waals surface area contributed by atoms with Gasteiger partial charge in [-0.2, -0.15) is 0 Å². The Kier molecular flexibility index (Phi) is 4.31. The van der Waals surface area contributed by atoms with E-state index in [0.717, 1.165) is 5.92 Å². The first-order chi connectivity index (χ1) is 7.63. The molecule has 2 aliphatic rings. The van der Waals surface area contributed by atoms with E-state index in [4.69, 9.17) is 0 Å². The van der Waals surface area contributed by atoms with E-state index < -0.39 is 0 Å². The van der Waals surface area contributed by atoms with Crippen molar-refractivity contribution >= 4 is 15.9 Å². The standard InChI is InChI=1S/C13H25BrN2/c1-15-7-4-12(8-15)9-16(2)11-13(10-14)5-3-6-13/h12H,3-11H2,1-2H3. The molecule has 16 heavy (non-hydrogen) atoms. The lowest BCUT2D eigenvalue weighted by Gasteiger charge is -2.43. The molecule has 2 nitrogen and oxygen atoms in total. The van der Waals surface area contributed by atoms with Crippen LogP contribution < -0.4 is 0 Å². The minimum absolute atomic E-state index is 0.610. The van der Waals surface area contributed by atoms with Gasteiger partial charge in [0.2, 0.25) is 0 Å². The van der Waals surface area contributed by atoms with Gasteiger partial charge >= 0.3 is 0 Å². The van der Waals surface area contributed by atoms with E-state index in [2.05, 4.69) is 39.8 Å². The van der Waals surface area contributed by atoms with E-state index >= 15 is 0 Å². The van der Waals surface area contributed by atoms with Crippen LogP contribution in [0.4, 0.5) is 0 Å². The highest BCUT2D eigenvalue weighted by Crippen LogP contribution is 2.42. The third-order valence-corrected chi connectivity index (χ3v) is 5.55. The van der Waals surface area contributed by atoms with E-state index in [1.54, 1.807) is 0 Å². The molecule has 0 radical (unpaired) electrons. The Hall–Kier alpha value is 0.400. The summed E-state index contributed by atoms with van der Waals surface area (Å²) in [6, 6.07) is 0. The first-order valence-corrected chi connectivity index (χ1v) is 7.69. The zero-order valence-electron chi connectivity index (χ0n) is 10.7. The zero-order chi connectivity index (χ0) is 11.6. The van der Waals surface area contributed by atoms with Gasteiger partial charge in [0.1, 0.15) is 0 Å². The molecule has 3 heteroatoms. The Bertz CT molecular complexity index is 222. The molecular weight excluding hydrogens is 264 g/mol. The lowest BCUT2D eigenvalue weighted by Crippen LogP contribution is -2.43. The van der Waals surface area contributed by atoms with Gasteiger partial charge in [-0.05, 0) is 51.2 Å². The van der Waals surface area contributed by atoms with Gasteiger partial charge in [-0.15, -0.1) is 0 Å². The summed E-state index contributed by atoms with van der Waals surface area (Å²) in [4.78, 5) is 5.03. The molecule has 1 aliphatic carbocycles. The van der Waals surface area contributed by atoms with Crippen LogP contribution in [0.25, 0.3) is 0 Å². The minimum atomic E-state index is 0.610. The normalized spacial score (nSPS) is 29.6. The van der Waals surface area contributed by atoms with Crippen LogP contribution >= 0.6 is 15.9 Å². The molecule has 0 bridgehead atoms. The molecule has 1 unspecified atom stereocenters. The Morgan fingerprint density at radius 1 is 1.44 bits per heavy atom. The predicted molar refractivity (Wildman–Crippen MR) is 73.2 cm³/mol. The molecule has 94 valence electrons. The largest absolute Gasteiger partial charge is 0.306 e. The van der Waals surface area contributed by atoms with Crippen molar-refractivity contribution in [3.63, 3.8) is 0 Å². The Morgan fingerprint density at radius 2 is 2.19 bits per heavy atom. The van der Waals surface area contributed by atoms with Crippen LogP contribution in [0.2, 0.25) is 0 Å². The Balaban J connectivity index is 1.73. The van der Waals surface area contributed by atoms with E-state index in [9.17, 15) is 0 Å². The van der Waals surface area contributed by atoms with E-state index in [-0.39, 0.29) is 0 Å². The minimum Gasteiger partial charge on any atom is -0.306 e. The molecule has 0 spiro atoms. The lowest BCUT2D eigenvalue weighted by molar-refractivity contribution is 0.0976. The number of hydrogen-bond donors (Lipinski definition) is 0. The van der Waals surface area contributed by atoms with Gasteiger partial charge in [0.15, 0.2) is 0 Å². The maximum atomic E-state index is 3.70. The SMILES string of the molecule is CN1CCC(CN(C)CC2(CBr)CCC2)C1. The number of rotatable bonds is 5. The summed E-state index contributed by atoms with van der Waals surface area (Å²) in [6.07, 6.45) is 5.67. The highest BCUT2D eigenvalue weighted by atomic mass is 79.9. The third kappa shape index (κ3) is 2.99. The van der Waals surface area contributed by atoms with Crippen LogP contribution in [0.3, 0.4) is 0 Å². The van der Waals surface area contributed by atoms with Crippen LogP contribution in [0.15, 0.2) is 0 Å². The molecule has 1 aliphatic heterocycles. The molecule has 2 fully saturated rings. The van der Waals surface area contributed by atoms with Crippen molar-refractivity contribution in [3.05, 3.63) is 0 Å². The second-order valence-corrected chi connectivity index (χ2v) is 6.66. The summed E-state index contributed by atoms with van der Waals surface area (Å²) in [7, 11) is 4.55. The molecule has 2 rings (SSSR count). The Labute approximate surface area is 108 Å². The summed E-state index contributed by atoms with van der Waals surface area (Å²) in [5, 5.41) is 1.19. The topological polar surface area (TPSA) is 6.48 Å². The maximum Gasteiger partial charge on any atom is 0.0100 e. The summed E-state index contributed by atoms with van der Waals surface area (Å²) < 4.78 is 0. The predicted octanol–water partition coefficient (Wildman–Crippen LogP) is 2.44. The molecule has 0 aromatic heterocycles. The van der Waals surface area contributed by atoms with Crippen LogP contribution in [0, 0.1) is 11.3 Å². The fourth-order valence-electron chi connectivity index (χ4n) is 3.26. The molecule has 0 amide bonds. The van der Waals surface area contributed by atoms with Crippen LogP contribution in [0.5, 0.6) is 0 Å². The van der Waals surface area contributed by atoms with Gasteiger partial charge in [0, 0.05) is 25.0 Å². The fraction of sp³-hybridized carbons (Fsp3) is 1.00. The molecule has 1 heterocycles. The lowest BCUT2D eigenvalue weighted by atomic mass is 9.70. The number of nitrogens with zero attached hydrogens (tertiary/aromatic N) is 2. The zero-order valence-corrected chi connectivity index (χ0v) is 12.3. The monoisotopic (exact) mass is 288 g/mol. The second-order valence-electron chi connectivity index (χ2n) is 6.10. The van der Waals surface area contributed by atoms with Gasteiger partial charge in [0.05, 0.1) is 0 Å². The van der Waals surface area contributed by atoms with Crippen molar-refractivity contribution in [2.45, 2.75) is 25.7 Å². The second kappa shape index (κ2) is 5.36. The van der Waals surface area contributed by atoms with E-state index in [0.29, 0.717) is 5.41 Å². The summed E-state index contributed by atoms with van der Waals surface area (Å²) >= 11 is 3.70. The average molecular weight is 289 g/mol. The first-order valence-electron chi connectivity index (χ1n) is 6.57. The molecule has 0 aromatic carbocycles. The van der Waals surface area contributed by atoms with Crippen molar-refractivity contribution in [1.82, 2.24) is 9.80 Å². The summed E-state index contributed by atoms with van der Waals surface area (Å²) in [6.45, 7) is 5.17. The third-order valence-electron chi connectivity index (χ3n) is 4.36.